The second-order valence-electron chi connectivity index (χ2n) is 14.7. The number of hydrogen-bond acceptors (Lipinski definition) is 9. The van der Waals surface area contributed by atoms with Crippen molar-refractivity contribution >= 4 is 41.0 Å². The van der Waals surface area contributed by atoms with Gasteiger partial charge in [-0.05, 0) is 55.0 Å². The average Bonchev–Trinajstić information content (AvgIpc) is 3.27. The number of hydrogen-bond donors (Lipinski definition) is 0. The minimum absolute atomic E-state index is 0.0846. The molecular weight excluding hydrogens is 712 g/mol. The Labute approximate surface area is 322 Å². The average molecular weight is 763 g/mol. The summed E-state index contributed by atoms with van der Waals surface area (Å²) in [6.45, 7) is 7.12. The number of amides is 2. The number of benzene rings is 3. The number of carbonyl (C=O) groups is 4. The fourth-order valence-corrected chi connectivity index (χ4v) is 7.14. The predicted molar refractivity (Wildman–Crippen MR) is 204 cm³/mol. The molecule has 0 saturated carbocycles. The fourth-order valence-electron chi connectivity index (χ4n) is 6.96. The number of methoxy groups -OCH3 is 2. The Balaban J connectivity index is 1.37. The molecule has 12 heteroatoms. The molecule has 0 aromatic heterocycles. The van der Waals surface area contributed by atoms with Crippen molar-refractivity contribution in [3.05, 3.63) is 88.4 Å². The van der Waals surface area contributed by atoms with Crippen LogP contribution in [0.15, 0.2) is 66.7 Å². The molecule has 0 bridgehead atoms. The SMILES string of the molecule is CCCC(=O)OCC(C)(C)CN1C(=O)[C@@H](CC(=O)N2CCC(CC(=O)OCc3ccccc3)CC2)O[C@H](c2cccc(OC)c2OC)c2cc(Cl)ccc21. The monoisotopic (exact) mass is 762 g/mol. The van der Waals surface area contributed by atoms with Crippen molar-refractivity contribution in [3.8, 4) is 11.5 Å². The lowest BCUT2D eigenvalue weighted by atomic mass is 9.92. The van der Waals surface area contributed by atoms with Crippen LogP contribution < -0.4 is 14.4 Å². The van der Waals surface area contributed by atoms with Gasteiger partial charge in [-0.1, -0.05) is 74.8 Å². The van der Waals surface area contributed by atoms with Crippen LogP contribution in [0.1, 0.15) is 82.1 Å². The molecule has 11 nitrogen and oxygen atoms in total. The van der Waals surface area contributed by atoms with Gasteiger partial charge in [0.1, 0.15) is 18.8 Å². The van der Waals surface area contributed by atoms with E-state index in [1.807, 2.05) is 63.2 Å². The number of esters is 2. The molecule has 0 spiro atoms. The Hall–Kier alpha value is -4.61. The molecule has 2 aliphatic heterocycles. The lowest BCUT2D eigenvalue weighted by Gasteiger charge is -2.34. The van der Waals surface area contributed by atoms with E-state index in [1.54, 1.807) is 41.2 Å². The summed E-state index contributed by atoms with van der Waals surface area (Å²) >= 11 is 6.60. The highest BCUT2D eigenvalue weighted by molar-refractivity contribution is 6.30. The number of ether oxygens (including phenoxy) is 5. The summed E-state index contributed by atoms with van der Waals surface area (Å²) in [5, 5.41) is 0.436. The maximum absolute atomic E-state index is 14.7. The van der Waals surface area contributed by atoms with Gasteiger partial charge in [0, 0.05) is 59.7 Å². The molecule has 290 valence electrons. The number of rotatable bonds is 15. The van der Waals surface area contributed by atoms with Gasteiger partial charge in [-0.25, -0.2) is 0 Å². The van der Waals surface area contributed by atoms with E-state index in [9.17, 15) is 19.2 Å². The molecule has 2 amide bonds. The van der Waals surface area contributed by atoms with Crippen LogP contribution in [0.2, 0.25) is 5.02 Å². The fraction of sp³-hybridized carbons (Fsp3) is 0.476. The Morgan fingerprint density at radius 3 is 2.31 bits per heavy atom. The lowest BCUT2D eigenvalue weighted by molar-refractivity contribution is -0.148. The van der Waals surface area contributed by atoms with Crippen LogP contribution in [0.25, 0.3) is 0 Å². The van der Waals surface area contributed by atoms with Crippen molar-refractivity contribution < 1.29 is 42.9 Å². The van der Waals surface area contributed by atoms with Crippen LogP contribution in [-0.2, 0) is 40.0 Å². The topological polar surface area (TPSA) is 121 Å². The van der Waals surface area contributed by atoms with E-state index < -0.39 is 23.5 Å². The van der Waals surface area contributed by atoms with Gasteiger partial charge >= 0.3 is 11.9 Å². The highest BCUT2D eigenvalue weighted by Gasteiger charge is 2.42. The molecule has 2 aliphatic rings. The molecule has 0 unspecified atom stereocenters. The molecule has 0 radical (unpaired) electrons. The number of carbonyl (C=O) groups excluding carboxylic acids is 4. The summed E-state index contributed by atoms with van der Waals surface area (Å²) in [5.41, 5.74) is 2.03. The summed E-state index contributed by atoms with van der Waals surface area (Å²) in [7, 11) is 3.07. The lowest BCUT2D eigenvalue weighted by Crippen LogP contribution is -2.48. The van der Waals surface area contributed by atoms with E-state index in [2.05, 4.69) is 0 Å². The first-order chi connectivity index (χ1) is 25.9. The number of piperidine rings is 1. The smallest absolute Gasteiger partial charge is 0.306 e. The van der Waals surface area contributed by atoms with Gasteiger partial charge in [0.15, 0.2) is 11.5 Å². The van der Waals surface area contributed by atoms with Gasteiger partial charge in [0.2, 0.25) is 5.91 Å². The van der Waals surface area contributed by atoms with Crippen molar-refractivity contribution in [2.45, 2.75) is 78.1 Å². The highest BCUT2D eigenvalue weighted by Crippen LogP contribution is 2.46. The molecule has 54 heavy (non-hydrogen) atoms. The van der Waals surface area contributed by atoms with Crippen LogP contribution in [-0.4, -0.2) is 75.2 Å². The number of para-hydroxylation sites is 1. The first-order valence-corrected chi connectivity index (χ1v) is 18.9. The minimum atomic E-state index is -1.19. The van der Waals surface area contributed by atoms with E-state index in [-0.39, 0.29) is 56.4 Å². The predicted octanol–water partition coefficient (Wildman–Crippen LogP) is 7.31. The van der Waals surface area contributed by atoms with Gasteiger partial charge in [-0.2, -0.15) is 0 Å². The van der Waals surface area contributed by atoms with Crippen molar-refractivity contribution in [2.24, 2.45) is 11.3 Å². The zero-order valence-electron chi connectivity index (χ0n) is 31.8. The summed E-state index contributed by atoms with van der Waals surface area (Å²) in [6.07, 6.45) is 0.254. The summed E-state index contributed by atoms with van der Waals surface area (Å²) in [5.74, 6) is -0.209. The zero-order chi connectivity index (χ0) is 38.8. The first kappa shape index (κ1) is 40.6. The van der Waals surface area contributed by atoms with Crippen LogP contribution in [0.3, 0.4) is 0 Å². The number of halogens is 1. The maximum atomic E-state index is 14.7. The van der Waals surface area contributed by atoms with E-state index in [0.717, 1.165) is 5.56 Å². The molecule has 3 aromatic carbocycles. The third-order valence-electron chi connectivity index (χ3n) is 9.81. The molecule has 2 heterocycles. The van der Waals surface area contributed by atoms with E-state index >= 15 is 0 Å². The molecule has 3 aromatic rings. The summed E-state index contributed by atoms with van der Waals surface area (Å²) in [6, 6.07) is 20.2. The second-order valence-corrected chi connectivity index (χ2v) is 15.1. The summed E-state index contributed by atoms with van der Waals surface area (Å²) < 4.78 is 29.2. The molecule has 1 fully saturated rings. The quantitative estimate of drug-likeness (QED) is 0.147. The number of fused-ring (bicyclic) bond motifs is 1. The maximum Gasteiger partial charge on any atom is 0.306 e. The summed E-state index contributed by atoms with van der Waals surface area (Å²) in [4.78, 5) is 57.0. The molecular formula is C42H51ClN2O9. The Morgan fingerprint density at radius 1 is 0.889 bits per heavy atom. The molecule has 2 atom stereocenters. The Morgan fingerprint density at radius 2 is 1.63 bits per heavy atom. The Kier molecular flexibility index (Phi) is 14.0. The molecule has 5 rings (SSSR count). The van der Waals surface area contributed by atoms with Crippen LogP contribution in [0, 0.1) is 11.3 Å². The largest absolute Gasteiger partial charge is 0.493 e. The third-order valence-corrected chi connectivity index (χ3v) is 10.0. The second kappa shape index (κ2) is 18.6. The van der Waals surface area contributed by atoms with E-state index in [1.165, 1.54) is 7.11 Å². The van der Waals surface area contributed by atoms with Crippen LogP contribution in [0.5, 0.6) is 11.5 Å². The van der Waals surface area contributed by atoms with Crippen molar-refractivity contribution in [2.75, 3.05) is 45.4 Å². The zero-order valence-corrected chi connectivity index (χ0v) is 32.6. The standard InChI is InChI=1S/C42H51ClN2O9/c1-6-11-37(47)53-27-42(2,3)26-45-33-17-16-30(43)23-32(33)39(31-14-10-15-34(50-4)40(31)51-5)54-35(41(45)49)24-36(46)44-20-18-28(19-21-44)22-38(48)52-25-29-12-8-7-9-13-29/h7-10,12-17,23,28,35,39H,6,11,18-22,24-27H2,1-5H3/t35-,39-/m1/s1. The van der Waals surface area contributed by atoms with E-state index in [4.69, 9.17) is 35.3 Å². The van der Waals surface area contributed by atoms with Gasteiger partial charge in [0.25, 0.3) is 5.91 Å². The Bertz CT molecular complexity index is 1770. The number of anilines is 1. The normalized spacial score (nSPS) is 17.7. The van der Waals surface area contributed by atoms with E-state index in [0.29, 0.717) is 72.1 Å². The van der Waals surface area contributed by atoms with Crippen molar-refractivity contribution in [1.82, 2.24) is 4.90 Å². The van der Waals surface area contributed by atoms with Gasteiger partial charge < -0.3 is 33.5 Å². The third kappa shape index (κ3) is 10.3. The number of nitrogens with zero attached hydrogens (tertiary/aromatic N) is 2. The molecule has 0 aliphatic carbocycles. The van der Waals surface area contributed by atoms with Crippen molar-refractivity contribution in [1.29, 1.82) is 0 Å². The van der Waals surface area contributed by atoms with Crippen molar-refractivity contribution in [3.63, 3.8) is 0 Å². The minimum Gasteiger partial charge on any atom is -0.493 e. The molecule has 1 saturated heterocycles. The van der Waals surface area contributed by atoms with Crippen LogP contribution in [0.4, 0.5) is 5.69 Å². The molecule has 0 N–H and O–H groups in total. The van der Waals surface area contributed by atoms with Crippen LogP contribution >= 0.6 is 11.6 Å². The first-order valence-electron chi connectivity index (χ1n) is 18.5. The number of likely N-dealkylation sites (tertiary alicyclic amines) is 1. The van der Waals surface area contributed by atoms with Gasteiger partial charge in [0.05, 0.1) is 27.2 Å². The van der Waals surface area contributed by atoms with Gasteiger partial charge in [-0.3, -0.25) is 19.2 Å². The highest BCUT2D eigenvalue weighted by atomic mass is 35.5. The van der Waals surface area contributed by atoms with Gasteiger partial charge in [-0.15, -0.1) is 0 Å².